The molecule has 0 atom stereocenters. The molecule has 1 heterocycles. The third kappa shape index (κ3) is 4.98. The first-order valence-corrected chi connectivity index (χ1v) is 12.2. The fourth-order valence-corrected chi connectivity index (χ4v) is 4.78. The maximum Gasteiger partial charge on any atom is 0.336 e. The molecule has 0 bridgehead atoms. The lowest BCUT2D eigenvalue weighted by Gasteiger charge is -2.22. The average molecular weight is 474 g/mol. The fraction of sp³-hybridized carbons (Fsp3) is 0.148. The number of para-hydroxylation sites is 1. The van der Waals surface area contributed by atoms with Crippen molar-refractivity contribution in [1.29, 1.82) is 0 Å². The zero-order valence-electron chi connectivity index (χ0n) is 18.8. The van der Waals surface area contributed by atoms with Gasteiger partial charge in [0.1, 0.15) is 11.3 Å². The van der Waals surface area contributed by atoms with Gasteiger partial charge in [0.25, 0.3) is 10.0 Å². The van der Waals surface area contributed by atoms with Gasteiger partial charge >= 0.3 is 5.63 Å². The van der Waals surface area contributed by atoms with Gasteiger partial charge in [-0.2, -0.15) is 0 Å². The van der Waals surface area contributed by atoms with Crippen LogP contribution in [-0.2, 0) is 10.0 Å². The first-order chi connectivity index (χ1) is 16.4. The van der Waals surface area contributed by atoms with Crippen molar-refractivity contribution in [2.45, 2.75) is 18.7 Å². The molecule has 34 heavy (non-hydrogen) atoms. The Hall–Kier alpha value is -4.02. The first-order valence-electron chi connectivity index (χ1n) is 10.7. The number of fused-ring (bicyclic) bond motifs is 1. The third-order valence-electron chi connectivity index (χ3n) is 5.13. The van der Waals surface area contributed by atoms with Crippen molar-refractivity contribution in [3.63, 3.8) is 0 Å². The van der Waals surface area contributed by atoms with Crippen LogP contribution in [-0.4, -0.2) is 21.6 Å². The predicted molar refractivity (Wildman–Crippen MR) is 133 cm³/mol. The molecule has 0 unspecified atom stereocenters. The first kappa shape index (κ1) is 23.1. The van der Waals surface area contributed by atoms with E-state index in [1.165, 1.54) is 10.4 Å². The molecule has 0 radical (unpaired) electrons. The molecule has 0 aliphatic carbocycles. The van der Waals surface area contributed by atoms with Gasteiger partial charge in [0.05, 0.1) is 29.3 Å². The molecule has 0 aliphatic heterocycles. The number of aryl methyl sites for hydroxylation is 1. The van der Waals surface area contributed by atoms with Gasteiger partial charge < -0.3 is 9.15 Å². The van der Waals surface area contributed by atoms with Crippen molar-refractivity contribution in [2.24, 2.45) is 0 Å². The molecule has 0 saturated carbocycles. The van der Waals surface area contributed by atoms with Crippen molar-refractivity contribution in [1.82, 2.24) is 0 Å². The lowest BCUT2D eigenvalue weighted by molar-refractivity contribution is 0.339. The molecule has 0 spiro atoms. The Morgan fingerprint density at radius 2 is 1.74 bits per heavy atom. The van der Waals surface area contributed by atoms with E-state index in [2.05, 4.69) is 11.8 Å². The Morgan fingerprint density at radius 3 is 2.50 bits per heavy atom. The van der Waals surface area contributed by atoms with Gasteiger partial charge in [-0.25, -0.2) is 13.2 Å². The number of rotatable bonds is 6. The summed E-state index contributed by atoms with van der Waals surface area (Å²) in [5, 5.41) is 0.607. The second kappa shape index (κ2) is 9.86. The van der Waals surface area contributed by atoms with Crippen LogP contribution >= 0.6 is 0 Å². The van der Waals surface area contributed by atoms with Crippen molar-refractivity contribution in [2.75, 3.05) is 17.5 Å². The summed E-state index contributed by atoms with van der Waals surface area (Å²) in [5.74, 6) is 6.67. The molecule has 4 aromatic rings. The molecule has 0 N–H and O–H groups in total. The van der Waals surface area contributed by atoms with Crippen LogP contribution < -0.4 is 14.7 Å². The minimum absolute atomic E-state index is 0.0844. The van der Waals surface area contributed by atoms with E-state index < -0.39 is 15.6 Å². The molecule has 1 aromatic heterocycles. The molecule has 172 valence electrons. The lowest BCUT2D eigenvalue weighted by Crippen LogP contribution is -2.31. The van der Waals surface area contributed by atoms with Gasteiger partial charge in [0.15, 0.2) is 0 Å². The highest BCUT2D eigenvalue weighted by atomic mass is 32.2. The molecular formula is C27H23NO5S. The average Bonchev–Trinajstić information content (AvgIpc) is 2.83. The van der Waals surface area contributed by atoms with E-state index in [-0.39, 0.29) is 11.4 Å². The molecule has 0 amide bonds. The van der Waals surface area contributed by atoms with Crippen molar-refractivity contribution < 1.29 is 17.6 Å². The molecule has 4 rings (SSSR count). The van der Waals surface area contributed by atoms with E-state index in [4.69, 9.17) is 9.15 Å². The largest absolute Gasteiger partial charge is 0.493 e. The Bertz CT molecular complexity index is 1540. The van der Waals surface area contributed by atoms with E-state index in [0.717, 1.165) is 5.56 Å². The third-order valence-corrected chi connectivity index (χ3v) is 6.92. The number of hydrogen-bond acceptors (Lipinski definition) is 5. The molecule has 6 nitrogen and oxygen atoms in total. The second-order valence-corrected chi connectivity index (χ2v) is 9.39. The van der Waals surface area contributed by atoms with Gasteiger partial charge in [-0.05, 0) is 62.4 Å². The van der Waals surface area contributed by atoms with Crippen LogP contribution in [0, 0.1) is 18.8 Å². The summed E-state index contributed by atoms with van der Waals surface area (Å²) >= 11 is 0. The lowest BCUT2D eigenvalue weighted by atomic mass is 10.2. The monoisotopic (exact) mass is 473 g/mol. The predicted octanol–water partition coefficient (Wildman–Crippen LogP) is 4.75. The highest BCUT2D eigenvalue weighted by molar-refractivity contribution is 7.92. The van der Waals surface area contributed by atoms with Gasteiger partial charge in [0.2, 0.25) is 0 Å². The summed E-state index contributed by atoms with van der Waals surface area (Å²) in [6, 6.07) is 21.8. The molecule has 0 aliphatic rings. The Morgan fingerprint density at radius 1 is 0.971 bits per heavy atom. The van der Waals surface area contributed by atoms with E-state index in [1.807, 2.05) is 38.1 Å². The summed E-state index contributed by atoms with van der Waals surface area (Å²) in [6.45, 7) is 4.20. The normalized spacial score (nSPS) is 11.0. The smallest absolute Gasteiger partial charge is 0.336 e. The molecule has 3 aromatic carbocycles. The van der Waals surface area contributed by atoms with E-state index in [0.29, 0.717) is 34.6 Å². The summed E-state index contributed by atoms with van der Waals surface area (Å²) in [7, 11) is -3.92. The van der Waals surface area contributed by atoms with Gasteiger partial charge in [-0.3, -0.25) is 4.31 Å². The number of nitrogens with zero attached hydrogens (tertiary/aromatic N) is 1. The van der Waals surface area contributed by atoms with E-state index >= 15 is 0 Å². The Labute approximate surface area is 198 Å². The van der Waals surface area contributed by atoms with Crippen LogP contribution in [0.1, 0.15) is 18.1 Å². The minimum Gasteiger partial charge on any atom is -0.493 e. The molecule has 7 heteroatoms. The number of ether oxygens (including phenoxy) is 1. The number of anilines is 1. The van der Waals surface area contributed by atoms with Gasteiger partial charge in [-0.15, -0.1) is 0 Å². The van der Waals surface area contributed by atoms with Crippen molar-refractivity contribution in [3.8, 4) is 17.6 Å². The summed E-state index contributed by atoms with van der Waals surface area (Å²) < 4.78 is 39.3. The van der Waals surface area contributed by atoms with Crippen LogP contribution in [0.15, 0.2) is 93.0 Å². The zero-order chi connectivity index (χ0) is 24.1. The van der Waals surface area contributed by atoms with Gasteiger partial charge in [0, 0.05) is 11.5 Å². The zero-order valence-corrected chi connectivity index (χ0v) is 19.6. The standard InChI is InChI=1S/C27H23NO5S/c1-3-32-25-9-5-4-7-21(25)8-6-18-28(34(30,31)24-14-10-20(2)11-15-24)23-13-16-26-22(19-23)12-17-27(29)33-26/h4-5,7,9-17,19H,3,18H2,1-2H3. The Balaban J connectivity index is 1.77. The van der Waals surface area contributed by atoms with Crippen LogP contribution in [0.25, 0.3) is 11.0 Å². The highest BCUT2D eigenvalue weighted by Crippen LogP contribution is 2.27. The van der Waals surface area contributed by atoms with Crippen LogP contribution in [0.5, 0.6) is 5.75 Å². The highest BCUT2D eigenvalue weighted by Gasteiger charge is 2.24. The van der Waals surface area contributed by atoms with Crippen LogP contribution in [0.3, 0.4) is 0 Å². The number of sulfonamides is 1. The molecule has 0 saturated heterocycles. The summed E-state index contributed by atoms with van der Waals surface area (Å²) in [5.41, 5.74) is 1.95. The van der Waals surface area contributed by atoms with Crippen LogP contribution in [0.2, 0.25) is 0 Å². The number of benzene rings is 3. The molecule has 0 fully saturated rings. The maximum atomic E-state index is 13.6. The van der Waals surface area contributed by atoms with Gasteiger partial charge in [-0.1, -0.05) is 41.7 Å². The Kier molecular flexibility index (Phi) is 6.71. The van der Waals surface area contributed by atoms with Crippen molar-refractivity contribution in [3.05, 3.63) is 100 Å². The van der Waals surface area contributed by atoms with E-state index in [1.54, 1.807) is 48.5 Å². The minimum atomic E-state index is -3.92. The topological polar surface area (TPSA) is 76.8 Å². The van der Waals surface area contributed by atoms with E-state index in [9.17, 15) is 13.2 Å². The SMILES string of the molecule is CCOc1ccccc1C#CCN(c1ccc2oc(=O)ccc2c1)S(=O)(=O)c1ccc(C)cc1. The van der Waals surface area contributed by atoms with Crippen molar-refractivity contribution >= 4 is 26.7 Å². The summed E-state index contributed by atoms with van der Waals surface area (Å²) in [4.78, 5) is 11.7. The fourth-order valence-electron chi connectivity index (χ4n) is 3.42. The number of hydrogen-bond donors (Lipinski definition) is 0. The molecular weight excluding hydrogens is 450 g/mol. The maximum absolute atomic E-state index is 13.6. The quantitative estimate of drug-likeness (QED) is 0.298. The van der Waals surface area contributed by atoms with Crippen LogP contribution in [0.4, 0.5) is 5.69 Å². The second-order valence-electron chi connectivity index (χ2n) is 7.53. The summed E-state index contributed by atoms with van der Waals surface area (Å²) in [6.07, 6.45) is 0.